The first kappa shape index (κ1) is 22.0. The maximum atomic E-state index is 13.3. The molecule has 1 aliphatic heterocycles. The lowest BCUT2D eigenvalue weighted by molar-refractivity contribution is -0.127. The van der Waals surface area contributed by atoms with Gasteiger partial charge in [-0.2, -0.15) is 4.31 Å². The molecule has 7 heteroatoms. The van der Waals surface area contributed by atoms with Crippen molar-refractivity contribution in [3.8, 4) is 11.1 Å². The van der Waals surface area contributed by atoms with Crippen LogP contribution < -0.4 is 5.32 Å². The summed E-state index contributed by atoms with van der Waals surface area (Å²) in [6.07, 6.45) is 4.04. The number of piperidine rings is 1. The van der Waals surface area contributed by atoms with Crippen LogP contribution in [0.1, 0.15) is 38.5 Å². The van der Waals surface area contributed by atoms with Gasteiger partial charge in [-0.1, -0.05) is 42.5 Å². The van der Waals surface area contributed by atoms with E-state index in [0.29, 0.717) is 32.2 Å². The van der Waals surface area contributed by atoms with Crippen LogP contribution in [0, 0.1) is 5.92 Å². The minimum Gasteiger partial charge on any atom is -0.393 e. The van der Waals surface area contributed by atoms with Crippen molar-refractivity contribution >= 4 is 15.9 Å². The van der Waals surface area contributed by atoms with Crippen LogP contribution in [-0.2, 0) is 14.8 Å². The van der Waals surface area contributed by atoms with Crippen molar-refractivity contribution in [3.63, 3.8) is 0 Å². The molecule has 6 nitrogen and oxygen atoms in total. The van der Waals surface area contributed by atoms with Crippen LogP contribution in [-0.4, -0.2) is 49.0 Å². The average Bonchev–Trinajstić information content (AvgIpc) is 2.81. The number of hydrogen-bond donors (Lipinski definition) is 2. The molecule has 0 radical (unpaired) electrons. The predicted molar refractivity (Wildman–Crippen MR) is 120 cm³/mol. The summed E-state index contributed by atoms with van der Waals surface area (Å²) in [6, 6.07) is 16.8. The minimum atomic E-state index is -3.68. The van der Waals surface area contributed by atoms with Crippen molar-refractivity contribution in [1.82, 2.24) is 9.62 Å². The zero-order valence-electron chi connectivity index (χ0n) is 17.6. The molecule has 1 saturated heterocycles. The molecule has 1 heterocycles. The quantitative estimate of drug-likeness (QED) is 0.745. The molecule has 166 valence electrons. The van der Waals surface area contributed by atoms with Crippen LogP contribution in [0.25, 0.3) is 11.1 Å². The molecule has 0 aromatic heterocycles. The van der Waals surface area contributed by atoms with Crippen molar-refractivity contribution in [2.45, 2.75) is 55.6 Å². The third kappa shape index (κ3) is 5.17. The van der Waals surface area contributed by atoms with Gasteiger partial charge in [0.1, 0.15) is 0 Å². The molecule has 2 aromatic rings. The molecule has 2 N–H and O–H groups in total. The van der Waals surface area contributed by atoms with Crippen molar-refractivity contribution in [2.24, 2.45) is 5.92 Å². The highest BCUT2D eigenvalue weighted by atomic mass is 32.2. The molecule has 0 bridgehead atoms. The van der Waals surface area contributed by atoms with Crippen molar-refractivity contribution in [3.05, 3.63) is 54.6 Å². The molecule has 31 heavy (non-hydrogen) atoms. The van der Waals surface area contributed by atoms with Crippen molar-refractivity contribution < 1.29 is 18.3 Å². The van der Waals surface area contributed by atoms with Crippen LogP contribution in [0.4, 0.5) is 0 Å². The van der Waals surface area contributed by atoms with Gasteiger partial charge in [-0.3, -0.25) is 4.79 Å². The molecule has 2 aromatic carbocycles. The second-order valence-electron chi connectivity index (χ2n) is 8.61. The molecule has 2 aliphatic rings. The summed E-state index contributed by atoms with van der Waals surface area (Å²) in [5.74, 6) is -0.410. The highest BCUT2D eigenvalue weighted by Crippen LogP contribution is 2.28. The van der Waals surface area contributed by atoms with E-state index in [2.05, 4.69) is 5.32 Å². The third-order valence-corrected chi connectivity index (χ3v) is 8.24. The predicted octanol–water partition coefficient (Wildman–Crippen LogP) is 3.17. The van der Waals surface area contributed by atoms with Gasteiger partial charge in [0, 0.05) is 19.1 Å². The SMILES string of the molecule is O=C(NC1CCC(O)CC1)[C@H]1CCCN(S(=O)(=O)c2cccc(-c3ccccc3)c2)C1. The molecule has 0 spiro atoms. The van der Waals surface area contributed by atoms with Gasteiger partial charge in [0.25, 0.3) is 0 Å². The Morgan fingerprint density at radius 1 is 0.935 bits per heavy atom. The number of nitrogens with one attached hydrogen (secondary N) is 1. The number of aliphatic hydroxyl groups excluding tert-OH is 1. The van der Waals surface area contributed by atoms with Gasteiger partial charge in [-0.05, 0) is 61.8 Å². The van der Waals surface area contributed by atoms with Gasteiger partial charge in [0.05, 0.1) is 16.9 Å². The summed E-state index contributed by atoms with van der Waals surface area (Å²) in [5.41, 5.74) is 1.82. The molecule has 2 fully saturated rings. The third-order valence-electron chi connectivity index (χ3n) is 6.38. The molecular weight excluding hydrogens is 412 g/mol. The lowest BCUT2D eigenvalue weighted by Crippen LogP contribution is -2.48. The lowest BCUT2D eigenvalue weighted by Gasteiger charge is -2.33. The van der Waals surface area contributed by atoms with E-state index in [1.54, 1.807) is 18.2 Å². The van der Waals surface area contributed by atoms with Crippen LogP contribution >= 0.6 is 0 Å². The summed E-state index contributed by atoms with van der Waals surface area (Å²) in [5, 5.41) is 12.7. The van der Waals surface area contributed by atoms with Crippen molar-refractivity contribution in [1.29, 1.82) is 0 Å². The Hall–Kier alpha value is -2.22. The second-order valence-corrected chi connectivity index (χ2v) is 10.5. The van der Waals surface area contributed by atoms with Gasteiger partial charge in [0.15, 0.2) is 0 Å². The Morgan fingerprint density at radius 3 is 2.39 bits per heavy atom. The minimum absolute atomic E-state index is 0.0701. The van der Waals surface area contributed by atoms with Gasteiger partial charge in [-0.15, -0.1) is 0 Å². The summed E-state index contributed by atoms with van der Waals surface area (Å²) in [7, 11) is -3.68. The average molecular weight is 443 g/mol. The number of carbonyl (C=O) groups is 1. The van der Waals surface area contributed by atoms with E-state index in [1.165, 1.54) is 4.31 Å². The van der Waals surface area contributed by atoms with Crippen LogP contribution in [0.15, 0.2) is 59.5 Å². The number of aliphatic hydroxyl groups is 1. The van der Waals surface area contributed by atoms with Crippen LogP contribution in [0.2, 0.25) is 0 Å². The standard InChI is InChI=1S/C24H30N2O4S/c27-22-13-11-21(12-14-22)25-24(28)20-9-5-15-26(17-20)31(29,30)23-10-4-8-19(16-23)18-6-2-1-3-7-18/h1-4,6-8,10,16,20-22,27H,5,9,11-15,17H2,(H,25,28)/t20-,21?,22?/m0/s1. The van der Waals surface area contributed by atoms with E-state index in [-0.39, 0.29) is 35.4 Å². The smallest absolute Gasteiger partial charge is 0.243 e. The number of hydrogen-bond acceptors (Lipinski definition) is 4. The van der Waals surface area contributed by atoms with Gasteiger partial charge in [-0.25, -0.2) is 8.42 Å². The highest BCUT2D eigenvalue weighted by Gasteiger charge is 2.34. The highest BCUT2D eigenvalue weighted by molar-refractivity contribution is 7.89. The first-order chi connectivity index (χ1) is 14.9. The number of amides is 1. The number of benzene rings is 2. The number of nitrogens with zero attached hydrogens (tertiary/aromatic N) is 1. The molecule has 1 atom stereocenters. The van der Waals surface area contributed by atoms with E-state index in [9.17, 15) is 18.3 Å². The zero-order chi connectivity index (χ0) is 21.8. The molecule has 4 rings (SSSR count). The molecule has 1 saturated carbocycles. The Morgan fingerprint density at radius 2 is 1.65 bits per heavy atom. The second kappa shape index (κ2) is 9.51. The Kier molecular flexibility index (Phi) is 6.74. The summed E-state index contributed by atoms with van der Waals surface area (Å²) >= 11 is 0. The van der Waals surface area contributed by atoms with E-state index < -0.39 is 10.0 Å². The van der Waals surface area contributed by atoms with Gasteiger partial charge >= 0.3 is 0 Å². The molecule has 1 aliphatic carbocycles. The maximum Gasteiger partial charge on any atom is 0.243 e. The van der Waals surface area contributed by atoms with E-state index in [1.807, 2.05) is 36.4 Å². The maximum absolute atomic E-state index is 13.3. The molecule has 0 unspecified atom stereocenters. The monoisotopic (exact) mass is 442 g/mol. The fraction of sp³-hybridized carbons (Fsp3) is 0.458. The Bertz CT molecular complexity index is 1000. The van der Waals surface area contributed by atoms with Crippen molar-refractivity contribution in [2.75, 3.05) is 13.1 Å². The van der Waals surface area contributed by atoms with Crippen LogP contribution in [0.5, 0.6) is 0 Å². The number of sulfonamides is 1. The fourth-order valence-electron chi connectivity index (χ4n) is 4.53. The number of rotatable bonds is 5. The van der Waals surface area contributed by atoms with Gasteiger partial charge in [0.2, 0.25) is 15.9 Å². The molecular formula is C24H30N2O4S. The van der Waals surface area contributed by atoms with E-state index in [0.717, 1.165) is 24.0 Å². The largest absolute Gasteiger partial charge is 0.393 e. The lowest BCUT2D eigenvalue weighted by atomic mass is 9.92. The Labute approximate surface area is 184 Å². The fourth-order valence-corrected chi connectivity index (χ4v) is 6.10. The summed E-state index contributed by atoms with van der Waals surface area (Å²) in [6.45, 7) is 0.635. The topological polar surface area (TPSA) is 86.7 Å². The first-order valence-electron chi connectivity index (χ1n) is 11.1. The number of carbonyl (C=O) groups excluding carboxylic acids is 1. The van der Waals surface area contributed by atoms with E-state index in [4.69, 9.17) is 0 Å². The van der Waals surface area contributed by atoms with Gasteiger partial charge < -0.3 is 10.4 Å². The van der Waals surface area contributed by atoms with Crippen LogP contribution in [0.3, 0.4) is 0 Å². The summed E-state index contributed by atoms with van der Waals surface area (Å²) < 4.78 is 28.1. The normalized spacial score (nSPS) is 25.1. The first-order valence-corrected chi connectivity index (χ1v) is 12.5. The summed E-state index contributed by atoms with van der Waals surface area (Å²) in [4.78, 5) is 13.1. The Balaban J connectivity index is 1.45. The zero-order valence-corrected chi connectivity index (χ0v) is 18.4. The molecule has 1 amide bonds. The van der Waals surface area contributed by atoms with E-state index >= 15 is 0 Å².